The van der Waals surface area contributed by atoms with Gasteiger partial charge in [0.05, 0.1) is 33.0 Å². The van der Waals surface area contributed by atoms with E-state index in [0.717, 1.165) is 19.3 Å². The first-order valence-electron chi connectivity index (χ1n) is 11.9. The van der Waals surface area contributed by atoms with Crippen LogP contribution in [0.3, 0.4) is 0 Å². The number of ether oxygens (including phenoxy) is 5. The van der Waals surface area contributed by atoms with Gasteiger partial charge in [0.1, 0.15) is 11.1 Å². The Bertz CT molecular complexity index is 726. The zero-order valence-electron chi connectivity index (χ0n) is 20.9. The highest BCUT2D eigenvalue weighted by atomic mass is 16.6. The van der Waals surface area contributed by atoms with Gasteiger partial charge in [0, 0.05) is 6.92 Å². The zero-order valence-corrected chi connectivity index (χ0v) is 20.9. The summed E-state index contributed by atoms with van der Waals surface area (Å²) in [6.07, 6.45) is 6.11. The number of esters is 5. The van der Waals surface area contributed by atoms with Crippen LogP contribution in [0, 0.1) is 0 Å². The van der Waals surface area contributed by atoms with Crippen LogP contribution in [0.1, 0.15) is 71.6 Å². The third-order valence-electron chi connectivity index (χ3n) is 4.55. The second-order valence-electron chi connectivity index (χ2n) is 7.67. The topological polar surface area (TPSA) is 132 Å². The second-order valence-corrected chi connectivity index (χ2v) is 7.67. The van der Waals surface area contributed by atoms with Gasteiger partial charge in [-0.15, -0.1) is 0 Å². The van der Waals surface area contributed by atoms with E-state index in [1.807, 2.05) is 6.92 Å². The first-order valence-corrected chi connectivity index (χ1v) is 11.9. The fourth-order valence-electron chi connectivity index (χ4n) is 2.50. The number of rotatable bonds is 20. The van der Waals surface area contributed by atoms with Gasteiger partial charge in [-0.3, -0.25) is 4.79 Å². The molecule has 0 saturated heterocycles. The average Bonchev–Trinajstić information content (AvgIpc) is 2.83. The Hall–Kier alpha value is -3.17. The Labute approximate surface area is 206 Å². The summed E-state index contributed by atoms with van der Waals surface area (Å²) in [7, 11) is 0. The van der Waals surface area contributed by atoms with Crippen molar-refractivity contribution in [2.75, 3.05) is 33.0 Å². The van der Waals surface area contributed by atoms with Crippen LogP contribution in [0.25, 0.3) is 0 Å². The van der Waals surface area contributed by atoms with E-state index < -0.39 is 23.9 Å². The zero-order chi connectivity index (χ0) is 26.5. The molecule has 0 saturated carbocycles. The lowest BCUT2D eigenvalue weighted by Crippen LogP contribution is -2.19. The molecule has 0 aliphatic carbocycles. The SMILES string of the molecule is C=C(C(=O)OCCCCC)C(=O)OCCCCCOC(=O)C(=C)C(=O)OCCCCCOC(C)=O. The molecule has 35 heavy (non-hydrogen) atoms. The summed E-state index contributed by atoms with van der Waals surface area (Å²) in [5, 5.41) is 0. The highest BCUT2D eigenvalue weighted by Gasteiger charge is 2.19. The summed E-state index contributed by atoms with van der Waals surface area (Å²) in [5.41, 5.74) is -0.734. The van der Waals surface area contributed by atoms with Crippen molar-refractivity contribution >= 4 is 29.8 Å². The van der Waals surface area contributed by atoms with Gasteiger partial charge in [-0.2, -0.15) is 0 Å². The van der Waals surface area contributed by atoms with Crippen LogP contribution >= 0.6 is 0 Å². The van der Waals surface area contributed by atoms with Crippen LogP contribution in [0.15, 0.2) is 24.3 Å². The van der Waals surface area contributed by atoms with Crippen LogP contribution in [-0.2, 0) is 47.7 Å². The molecule has 10 heteroatoms. The molecule has 0 aliphatic rings. The van der Waals surface area contributed by atoms with Crippen molar-refractivity contribution in [1.82, 2.24) is 0 Å². The molecule has 0 fully saturated rings. The molecule has 0 spiro atoms. The lowest BCUT2D eigenvalue weighted by atomic mass is 10.2. The maximum atomic E-state index is 11.9. The van der Waals surface area contributed by atoms with Crippen LogP contribution in [0.4, 0.5) is 0 Å². The van der Waals surface area contributed by atoms with E-state index in [1.54, 1.807) is 0 Å². The minimum Gasteiger partial charge on any atom is -0.466 e. The molecule has 0 aromatic carbocycles. The third-order valence-corrected chi connectivity index (χ3v) is 4.55. The average molecular weight is 499 g/mol. The van der Waals surface area contributed by atoms with Crippen LogP contribution in [0.2, 0.25) is 0 Å². The Morgan fingerprint density at radius 1 is 0.486 bits per heavy atom. The summed E-state index contributed by atoms with van der Waals surface area (Å²) < 4.78 is 24.7. The molecule has 0 radical (unpaired) electrons. The van der Waals surface area contributed by atoms with E-state index >= 15 is 0 Å². The van der Waals surface area contributed by atoms with Gasteiger partial charge in [0.15, 0.2) is 0 Å². The van der Waals surface area contributed by atoms with E-state index in [-0.39, 0.29) is 43.5 Å². The number of hydrogen-bond acceptors (Lipinski definition) is 10. The molecular formula is C25H38O10. The van der Waals surface area contributed by atoms with Crippen molar-refractivity contribution in [3.63, 3.8) is 0 Å². The molecule has 0 atom stereocenters. The Balaban J connectivity index is 3.81. The molecule has 0 amide bonds. The van der Waals surface area contributed by atoms with Crippen LogP contribution in [0.5, 0.6) is 0 Å². The molecule has 0 N–H and O–H groups in total. The Morgan fingerprint density at radius 3 is 1.06 bits per heavy atom. The molecule has 0 aliphatic heterocycles. The first kappa shape index (κ1) is 31.8. The first-order chi connectivity index (χ1) is 16.7. The van der Waals surface area contributed by atoms with Gasteiger partial charge in [-0.1, -0.05) is 32.9 Å². The summed E-state index contributed by atoms with van der Waals surface area (Å²) in [6.45, 7) is 11.0. The predicted octanol–water partition coefficient (Wildman–Crippen LogP) is 3.37. The molecule has 198 valence electrons. The maximum Gasteiger partial charge on any atom is 0.344 e. The number of carbonyl (C=O) groups is 5. The second kappa shape index (κ2) is 20.2. The molecular weight excluding hydrogens is 460 g/mol. The highest BCUT2D eigenvalue weighted by molar-refractivity contribution is 6.13. The fourth-order valence-corrected chi connectivity index (χ4v) is 2.50. The molecule has 0 aromatic heterocycles. The Morgan fingerprint density at radius 2 is 0.771 bits per heavy atom. The van der Waals surface area contributed by atoms with E-state index in [1.165, 1.54) is 6.92 Å². The van der Waals surface area contributed by atoms with Crippen molar-refractivity contribution in [2.45, 2.75) is 71.6 Å². The predicted molar refractivity (Wildman–Crippen MR) is 126 cm³/mol. The molecule has 0 rings (SSSR count). The minimum absolute atomic E-state index is 0.0615. The molecule has 0 aromatic rings. The van der Waals surface area contributed by atoms with Gasteiger partial charge in [-0.05, 0) is 44.9 Å². The van der Waals surface area contributed by atoms with Crippen molar-refractivity contribution in [2.24, 2.45) is 0 Å². The van der Waals surface area contributed by atoms with Crippen LogP contribution in [-0.4, -0.2) is 62.9 Å². The van der Waals surface area contributed by atoms with E-state index in [2.05, 4.69) is 13.2 Å². The molecule has 0 unspecified atom stereocenters. The van der Waals surface area contributed by atoms with Gasteiger partial charge < -0.3 is 23.7 Å². The standard InChI is InChI=1S/C25H38O10/c1-5-6-9-15-32-22(27)19(2)23(28)34-17-12-8-13-18-35-25(30)20(3)24(29)33-16-11-7-10-14-31-21(4)26/h2-3,5-18H2,1,4H3. The van der Waals surface area contributed by atoms with E-state index in [0.29, 0.717) is 45.1 Å². The lowest BCUT2D eigenvalue weighted by molar-refractivity contribution is -0.148. The highest BCUT2D eigenvalue weighted by Crippen LogP contribution is 2.06. The van der Waals surface area contributed by atoms with Gasteiger partial charge in [0.2, 0.25) is 0 Å². The monoisotopic (exact) mass is 498 g/mol. The number of carbonyl (C=O) groups excluding carboxylic acids is 5. The maximum absolute atomic E-state index is 11.9. The largest absolute Gasteiger partial charge is 0.466 e. The third kappa shape index (κ3) is 17.0. The van der Waals surface area contributed by atoms with Crippen molar-refractivity contribution in [1.29, 1.82) is 0 Å². The van der Waals surface area contributed by atoms with Crippen molar-refractivity contribution in [3.8, 4) is 0 Å². The van der Waals surface area contributed by atoms with Crippen molar-refractivity contribution < 1.29 is 47.7 Å². The number of unbranched alkanes of at least 4 members (excludes halogenated alkanes) is 6. The fraction of sp³-hybridized carbons (Fsp3) is 0.640. The van der Waals surface area contributed by atoms with E-state index in [9.17, 15) is 24.0 Å². The summed E-state index contributed by atoms with van der Waals surface area (Å²) >= 11 is 0. The summed E-state index contributed by atoms with van der Waals surface area (Å²) in [4.78, 5) is 57.8. The molecule has 0 heterocycles. The summed E-state index contributed by atoms with van der Waals surface area (Å²) in [5.74, 6) is -3.64. The minimum atomic E-state index is -0.856. The summed E-state index contributed by atoms with van der Waals surface area (Å²) in [6, 6.07) is 0. The van der Waals surface area contributed by atoms with Crippen LogP contribution < -0.4 is 0 Å². The number of hydrogen-bond donors (Lipinski definition) is 0. The smallest absolute Gasteiger partial charge is 0.344 e. The quantitative estimate of drug-likeness (QED) is 0.0614. The molecule has 10 nitrogen and oxygen atoms in total. The normalized spacial score (nSPS) is 10.1. The van der Waals surface area contributed by atoms with E-state index in [4.69, 9.17) is 23.7 Å². The molecule has 0 bridgehead atoms. The van der Waals surface area contributed by atoms with Gasteiger partial charge in [-0.25, -0.2) is 19.2 Å². The lowest BCUT2D eigenvalue weighted by Gasteiger charge is -2.09. The Kier molecular flexibility index (Phi) is 18.4. The van der Waals surface area contributed by atoms with Gasteiger partial charge >= 0.3 is 29.8 Å². The van der Waals surface area contributed by atoms with Gasteiger partial charge in [0.25, 0.3) is 0 Å². The van der Waals surface area contributed by atoms with Crippen molar-refractivity contribution in [3.05, 3.63) is 24.3 Å².